The first-order valence-corrected chi connectivity index (χ1v) is 2.16. The van der Waals surface area contributed by atoms with Gasteiger partial charge in [-0.3, -0.25) is 0 Å². The first-order valence-electron chi connectivity index (χ1n) is 1.08. The van der Waals surface area contributed by atoms with Crippen LogP contribution in [0.5, 0.6) is 0 Å². The molecule has 0 aliphatic rings. The number of rotatable bonds is 0. The summed E-state index contributed by atoms with van der Waals surface area (Å²) in [5, 5.41) is 0. The maximum atomic E-state index is 4.81. The van der Waals surface area contributed by atoms with Crippen LogP contribution in [0.4, 0.5) is 0 Å². The van der Waals surface area contributed by atoms with Gasteiger partial charge in [-0.2, -0.15) is 0 Å². The minimum atomic E-state index is 0.752. The maximum absolute atomic E-state index is 4.81. The number of hydrogen-bond acceptors (Lipinski definition) is 0. The Hall–Kier alpha value is 0.0300. The Bertz CT molecular complexity index is 76.1. The fourth-order valence-corrected chi connectivity index (χ4v) is 0. The molecule has 0 nitrogen and oxygen atoms in total. The molecule has 0 rings (SSSR count). The van der Waals surface area contributed by atoms with Crippen molar-refractivity contribution in [3.05, 3.63) is 10.2 Å². The first kappa shape index (κ1) is 5.03. The van der Waals surface area contributed by atoms with E-state index in [0.29, 0.717) is 0 Å². The summed E-state index contributed by atoms with van der Waals surface area (Å²) in [6, 6.07) is 0. The molecule has 0 saturated heterocycles. The summed E-state index contributed by atoms with van der Waals surface area (Å²) in [6.45, 7) is 3.42. The number of terminal acetylenes is 1. The minimum absolute atomic E-state index is 0.752. The van der Waals surface area contributed by atoms with Crippen molar-refractivity contribution in [2.24, 2.45) is 0 Å². The Morgan fingerprint density at radius 2 is 2.20 bits per heavy atom. The summed E-state index contributed by atoms with van der Waals surface area (Å²) in [5.41, 5.74) is 0. The fraction of sp³-hybridized carbons (Fsp3) is 0. The van der Waals surface area contributed by atoms with Gasteiger partial charge in [0, 0.05) is 0 Å². The lowest BCUT2D eigenvalue weighted by molar-refractivity contribution is 2.30. The minimum Gasteiger partial charge on any atom is -0.114 e. The molecule has 0 saturated carbocycles. The molecule has 0 aliphatic carbocycles. The number of allylic oxidation sites excluding steroid dienone is 1. The Morgan fingerprint density at radius 3 is 2.20 bits per heavy atom. The van der Waals surface area contributed by atoms with Crippen molar-refractivity contribution in [1.29, 1.82) is 0 Å². The Morgan fingerprint density at radius 1 is 2.00 bits per heavy atom. The van der Waals surface area contributed by atoms with E-state index in [9.17, 15) is 0 Å². The number of halogens is 1. The third kappa shape index (κ3) is 4.03. The Balaban J connectivity index is 3.35. The molecule has 0 bridgehead atoms. The van der Waals surface area contributed by atoms with E-state index in [2.05, 4.69) is 12.5 Å². The molecule has 0 radical (unpaired) electrons. The summed E-state index contributed by atoms with van der Waals surface area (Å²) in [6.07, 6.45) is 4.81. The van der Waals surface area contributed by atoms with Crippen LogP contribution in [-0.2, 0) is 0 Å². The van der Waals surface area contributed by atoms with Gasteiger partial charge in [-0.25, -0.2) is 0 Å². The van der Waals surface area contributed by atoms with Crippen LogP contribution in [0.3, 0.4) is 0 Å². The van der Waals surface area contributed by atoms with E-state index in [-0.39, 0.29) is 0 Å². The second-order valence-electron chi connectivity index (χ2n) is 0.549. The normalized spacial score (nSPS) is 5.60. The SMILES string of the molecule is C#CC(=C)I. The zero-order valence-corrected chi connectivity index (χ0v) is 4.82. The van der Waals surface area contributed by atoms with Gasteiger partial charge < -0.3 is 0 Å². The van der Waals surface area contributed by atoms with Gasteiger partial charge in [0.05, 0.1) is 3.58 Å². The van der Waals surface area contributed by atoms with Crippen LogP contribution in [0.1, 0.15) is 0 Å². The molecule has 0 aromatic rings. The van der Waals surface area contributed by atoms with Crippen LogP contribution in [0, 0.1) is 12.3 Å². The van der Waals surface area contributed by atoms with E-state index >= 15 is 0 Å². The highest BCUT2D eigenvalue weighted by atomic mass is 127. The van der Waals surface area contributed by atoms with Crippen LogP contribution in [-0.4, -0.2) is 0 Å². The van der Waals surface area contributed by atoms with Crippen molar-refractivity contribution < 1.29 is 0 Å². The summed E-state index contributed by atoms with van der Waals surface area (Å²) in [7, 11) is 0. The van der Waals surface area contributed by atoms with Crippen molar-refractivity contribution in [2.75, 3.05) is 0 Å². The monoisotopic (exact) mass is 178 g/mol. The van der Waals surface area contributed by atoms with Gasteiger partial charge in [-0.05, 0) is 22.6 Å². The molecule has 0 fully saturated rings. The molecule has 0 atom stereocenters. The lowest BCUT2D eigenvalue weighted by Gasteiger charge is -1.63. The van der Waals surface area contributed by atoms with Gasteiger partial charge in [-0.1, -0.05) is 12.5 Å². The summed E-state index contributed by atoms with van der Waals surface area (Å²) >= 11 is 1.98. The van der Waals surface area contributed by atoms with Crippen molar-refractivity contribution >= 4 is 22.6 Å². The molecule has 0 aromatic heterocycles. The van der Waals surface area contributed by atoms with Gasteiger partial charge in [0.15, 0.2) is 0 Å². The van der Waals surface area contributed by atoms with E-state index < -0.39 is 0 Å². The largest absolute Gasteiger partial charge is 0.114 e. The quantitative estimate of drug-likeness (QED) is 0.390. The van der Waals surface area contributed by atoms with Gasteiger partial charge in [0.25, 0.3) is 0 Å². The second-order valence-corrected chi connectivity index (χ2v) is 1.85. The molecule has 0 aromatic carbocycles. The van der Waals surface area contributed by atoms with Crippen molar-refractivity contribution in [3.8, 4) is 12.3 Å². The molecule has 0 amide bonds. The maximum Gasteiger partial charge on any atom is 0.0554 e. The molecule has 0 N–H and O–H groups in total. The topological polar surface area (TPSA) is 0 Å². The molecular weight excluding hydrogens is 175 g/mol. The number of hydrogen-bond donors (Lipinski definition) is 0. The van der Waals surface area contributed by atoms with Crippen LogP contribution in [0.25, 0.3) is 0 Å². The van der Waals surface area contributed by atoms with E-state index in [1.54, 1.807) is 0 Å². The van der Waals surface area contributed by atoms with Gasteiger partial charge in [0.1, 0.15) is 0 Å². The molecule has 0 aliphatic heterocycles. The average molecular weight is 178 g/mol. The van der Waals surface area contributed by atoms with Gasteiger partial charge in [-0.15, -0.1) is 6.42 Å². The zero-order chi connectivity index (χ0) is 4.28. The molecular formula is C4H3I. The van der Waals surface area contributed by atoms with Crippen LogP contribution in [0.2, 0.25) is 0 Å². The summed E-state index contributed by atoms with van der Waals surface area (Å²) in [5.74, 6) is 2.32. The fourth-order valence-electron chi connectivity index (χ4n) is 0. The van der Waals surface area contributed by atoms with Gasteiger partial charge in [0.2, 0.25) is 0 Å². The Kier molecular flexibility index (Phi) is 2.29. The van der Waals surface area contributed by atoms with Crippen LogP contribution < -0.4 is 0 Å². The highest BCUT2D eigenvalue weighted by molar-refractivity contribution is 14.1. The highest BCUT2D eigenvalue weighted by Gasteiger charge is 1.62. The average Bonchev–Trinajstić information content (AvgIpc) is 1.38. The third-order valence-electron chi connectivity index (χ3n) is 0.157. The highest BCUT2D eigenvalue weighted by Crippen LogP contribution is 1.95. The molecule has 26 valence electrons. The third-order valence-corrected chi connectivity index (χ3v) is 0.468. The predicted molar refractivity (Wildman–Crippen MR) is 32.0 cm³/mol. The van der Waals surface area contributed by atoms with Crippen LogP contribution >= 0.6 is 22.6 Å². The summed E-state index contributed by atoms with van der Waals surface area (Å²) < 4.78 is 0.752. The molecule has 1 heteroatoms. The molecule has 0 heterocycles. The van der Waals surface area contributed by atoms with Gasteiger partial charge >= 0.3 is 0 Å². The molecule has 0 spiro atoms. The van der Waals surface area contributed by atoms with E-state index in [0.717, 1.165) is 3.58 Å². The standard InChI is InChI=1S/C4H3I/c1-3-4(2)5/h1H,2H2. The molecule has 5 heavy (non-hydrogen) atoms. The predicted octanol–water partition coefficient (Wildman–Crippen LogP) is 1.57. The first-order chi connectivity index (χ1) is 2.27. The Labute approximate surface area is 45.4 Å². The van der Waals surface area contributed by atoms with Crippen molar-refractivity contribution in [3.63, 3.8) is 0 Å². The zero-order valence-electron chi connectivity index (χ0n) is 2.66. The lowest BCUT2D eigenvalue weighted by atomic mass is 10.7. The van der Waals surface area contributed by atoms with Crippen molar-refractivity contribution in [1.82, 2.24) is 0 Å². The van der Waals surface area contributed by atoms with Crippen molar-refractivity contribution in [2.45, 2.75) is 0 Å². The lowest BCUT2D eigenvalue weighted by Crippen LogP contribution is -1.43. The van der Waals surface area contributed by atoms with Crippen LogP contribution in [0.15, 0.2) is 10.2 Å². The van der Waals surface area contributed by atoms with E-state index in [1.807, 2.05) is 22.6 Å². The summed E-state index contributed by atoms with van der Waals surface area (Å²) in [4.78, 5) is 0. The van der Waals surface area contributed by atoms with E-state index in [4.69, 9.17) is 6.42 Å². The molecule has 0 unspecified atom stereocenters. The second kappa shape index (κ2) is 2.28. The smallest absolute Gasteiger partial charge is 0.0554 e. The van der Waals surface area contributed by atoms with E-state index in [1.165, 1.54) is 0 Å².